The molecule has 1 aliphatic heterocycles. The fourth-order valence-electron chi connectivity index (χ4n) is 4.01. The van der Waals surface area contributed by atoms with Crippen molar-refractivity contribution >= 4 is 27.3 Å². The number of aryl methyl sites for hydroxylation is 1. The first-order valence-corrected chi connectivity index (χ1v) is 12.9. The van der Waals surface area contributed by atoms with E-state index in [2.05, 4.69) is 20.5 Å². The molecule has 0 spiro atoms. The van der Waals surface area contributed by atoms with Crippen molar-refractivity contribution in [3.05, 3.63) is 64.8 Å². The first-order chi connectivity index (χ1) is 17.2. The van der Waals surface area contributed by atoms with Crippen LogP contribution in [0.25, 0.3) is 11.3 Å². The van der Waals surface area contributed by atoms with Gasteiger partial charge in [-0.3, -0.25) is 19.6 Å². The molecule has 0 saturated carbocycles. The number of sulfonamides is 1. The molecule has 1 aromatic heterocycles. The summed E-state index contributed by atoms with van der Waals surface area (Å²) >= 11 is 0. The lowest BCUT2D eigenvalue weighted by Gasteiger charge is -2.34. The number of non-ortho nitro benzene ring substituents is 1. The van der Waals surface area contributed by atoms with E-state index in [9.17, 15) is 23.3 Å². The van der Waals surface area contributed by atoms with Crippen LogP contribution >= 0.6 is 0 Å². The number of nitro benzene ring substituents is 1. The van der Waals surface area contributed by atoms with E-state index in [1.807, 2.05) is 6.20 Å². The van der Waals surface area contributed by atoms with Crippen LogP contribution in [0, 0.1) is 10.1 Å². The zero-order chi connectivity index (χ0) is 25.7. The van der Waals surface area contributed by atoms with Crippen LogP contribution in [-0.2, 0) is 21.4 Å². The fraction of sp³-hybridized carbons (Fsp3) is 0.348. The number of carbonyl (C=O) groups is 1. The number of amides is 1. The molecule has 1 amide bonds. The lowest BCUT2D eigenvalue weighted by molar-refractivity contribution is -0.384. The van der Waals surface area contributed by atoms with Gasteiger partial charge in [0, 0.05) is 69.6 Å². The van der Waals surface area contributed by atoms with Crippen molar-refractivity contribution in [3.8, 4) is 11.3 Å². The van der Waals surface area contributed by atoms with Gasteiger partial charge < -0.3 is 10.2 Å². The van der Waals surface area contributed by atoms with Gasteiger partial charge in [-0.2, -0.15) is 4.31 Å². The molecule has 13 heteroatoms. The number of benzene rings is 2. The number of hydrogen-bond donors (Lipinski definition) is 1. The van der Waals surface area contributed by atoms with Gasteiger partial charge in [0.25, 0.3) is 5.69 Å². The van der Waals surface area contributed by atoms with Gasteiger partial charge >= 0.3 is 0 Å². The van der Waals surface area contributed by atoms with Crippen molar-refractivity contribution in [2.45, 2.75) is 24.8 Å². The molecule has 190 valence electrons. The Balaban J connectivity index is 1.24. The van der Waals surface area contributed by atoms with Gasteiger partial charge in [0.15, 0.2) is 0 Å². The molecule has 0 bridgehead atoms. The van der Waals surface area contributed by atoms with E-state index in [4.69, 9.17) is 0 Å². The van der Waals surface area contributed by atoms with Crippen LogP contribution in [0.1, 0.15) is 13.3 Å². The second kappa shape index (κ2) is 10.9. The number of aromatic nitrogens is 3. The summed E-state index contributed by atoms with van der Waals surface area (Å²) in [4.78, 5) is 23.9. The maximum atomic E-state index is 13.0. The third-order valence-electron chi connectivity index (χ3n) is 5.92. The normalized spacial score (nSPS) is 15.0. The molecule has 0 aliphatic carbocycles. The molecule has 0 radical (unpaired) electrons. The van der Waals surface area contributed by atoms with Gasteiger partial charge in [0.2, 0.25) is 15.9 Å². The summed E-state index contributed by atoms with van der Waals surface area (Å²) in [5.74, 6) is -0.213. The van der Waals surface area contributed by atoms with Crippen molar-refractivity contribution in [2.75, 3.05) is 38.0 Å². The van der Waals surface area contributed by atoms with Crippen LogP contribution in [0.3, 0.4) is 0 Å². The van der Waals surface area contributed by atoms with Gasteiger partial charge in [-0.1, -0.05) is 5.21 Å². The summed E-state index contributed by atoms with van der Waals surface area (Å²) in [6.45, 7) is 4.93. The van der Waals surface area contributed by atoms with Crippen LogP contribution < -0.4 is 5.32 Å². The molecular weight excluding hydrogens is 486 g/mol. The summed E-state index contributed by atoms with van der Waals surface area (Å²) in [6, 6.07) is 12.4. The zero-order valence-electron chi connectivity index (χ0n) is 19.8. The third-order valence-corrected chi connectivity index (χ3v) is 7.83. The number of anilines is 1. The zero-order valence-corrected chi connectivity index (χ0v) is 20.6. The van der Waals surface area contributed by atoms with Crippen LogP contribution in [0.4, 0.5) is 11.4 Å². The van der Waals surface area contributed by atoms with E-state index in [0.717, 1.165) is 18.5 Å². The number of piperazine rings is 1. The van der Waals surface area contributed by atoms with Gasteiger partial charge in [0.1, 0.15) is 5.69 Å². The lowest BCUT2D eigenvalue weighted by Crippen LogP contribution is -2.48. The number of hydrogen-bond acceptors (Lipinski definition) is 8. The maximum Gasteiger partial charge on any atom is 0.269 e. The lowest BCUT2D eigenvalue weighted by atomic mass is 10.1. The van der Waals surface area contributed by atoms with Gasteiger partial charge in [-0.15, -0.1) is 5.10 Å². The molecule has 0 unspecified atom stereocenters. The average Bonchev–Trinajstić information content (AvgIpc) is 3.33. The van der Waals surface area contributed by atoms with E-state index in [-0.39, 0.29) is 16.5 Å². The smallest absolute Gasteiger partial charge is 0.269 e. The Bertz CT molecular complexity index is 1320. The quantitative estimate of drug-likeness (QED) is 0.339. The Kier molecular flexibility index (Phi) is 7.72. The highest BCUT2D eigenvalue weighted by molar-refractivity contribution is 7.89. The first kappa shape index (κ1) is 25.4. The Hall–Kier alpha value is -3.68. The molecule has 1 N–H and O–H groups in total. The monoisotopic (exact) mass is 513 g/mol. The molecule has 2 aromatic carbocycles. The highest BCUT2D eigenvalue weighted by Crippen LogP contribution is 2.21. The van der Waals surface area contributed by atoms with E-state index in [1.165, 1.54) is 35.5 Å². The van der Waals surface area contributed by atoms with E-state index in [1.54, 1.807) is 28.9 Å². The highest BCUT2D eigenvalue weighted by atomic mass is 32.2. The summed E-state index contributed by atoms with van der Waals surface area (Å²) in [6.07, 6.45) is 2.63. The summed E-state index contributed by atoms with van der Waals surface area (Å²) < 4.78 is 29.2. The number of carbonyl (C=O) groups excluding carboxylic acids is 1. The molecule has 2 heterocycles. The van der Waals surface area contributed by atoms with Gasteiger partial charge in [0.05, 0.1) is 16.0 Å². The molecule has 4 rings (SSSR count). The predicted octanol–water partition coefficient (Wildman–Crippen LogP) is 2.21. The van der Waals surface area contributed by atoms with E-state index in [0.29, 0.717) is 44.1 Å². The van der Waals surface area contributed by atoms with E-state index < -0.39 is 14.9 Å². The Morgan fingerprint density at radius 2 is 1.69 bits per heavy atom. The standard InChI is InChI=1S/C23H27N7O5S/c1-18(31)24-20-5-9-22(10-6-20)36(34,35)29-15-13-27(14-16-29)11-2-12-28-17-23(25-26-28)19-3-7-21(8-4-19)30(32)33/h3-10,17H,2,11-16H2,1H3,(H,24,31). The number of rotatable bonds is 9. The number of nitrogens with zero attached hydrogens (tertiary/aromatic N) is 6. The molecule has 36 heavy (non-hydrogen) atoms. The molecule has 0 atom stereocenters. The molecule has 1 saturated heterocycles. The minimum Gasteiger partial charge on any atom is -0.326 e. The third kappa shape index (κ3) is 6.11. The second-order valence-electron chi connectivity index (χ2n) is 8.48. The van der Waals surface area contributed by atoms with Crippen LogP contribution in [0.5, 0.6) is 0 Å². The van der Waals surface area contributed by atoms with Crippen molar-refractivity contribution < 1.29 is 18.1 Å². The first-order valence-electron chi connectivity index (χ1n) is 11.5. The molecule has 1 aliphatic rings. The summed E-state index contributed by atoms with van der Waals surface area (Å²) in [5, 5.41) is 21.7. The van der Waals surface area contributed by atoms with Gasteiger partial charge in [-0.25, -0.2) is 8.42 Å². The van der Waals surface area contributed by atoms with Crippen LogP contribution in [-0.4, -0.2) is 76.2 Å². The predicted molar refractivity (Wildman–Crippen MR) is 133 cm³/mol. The topological polar surface area (TPSA) is 144 Å². The minimum absolute atomic E-state index is 0.0268. The molecular formula is C23H27N7O5S. The SMILES string of the molecule is CC(=O)Nc1ccc(S(=O)(=O)N2CCN(CCCn3cc(-c4ccc([N+](=O)[O-])cc4)nn3)CC2)cc1. The fourth-order valence-corrected chi connectivity index (χ4v) is 5.43. The van der Waals surface area contributed by atoms with Crippen molar-refractivity contribution in [2.24, 2.45) is 0 Å². The minimum atomic E-state index is -3.59. The number of nitro groups is 1. The summed E-state index contributed by atoms with van der Waals surface area (Å²) in [7, 11) is -3.59. The van der Waals surface area contributed by atoms with Crippen LogP contribution in [0.15, 0.2) is 59.6 Å². The molecule has 12 nitrogen and oxygen atoms in total. The largest absolute Gasteiger partial charge is 0.326 e. The van der Waals surface area contributed by atoms with Crippen LogP contribution in [0.2, 0.25) is 0 Å². The average molecular weight is 514 g/mol. The maximum absolute atomic E-state index is 13.0. The Morgan fingerprint density at radius 3 is 2.31 bits per heavy atom. The van der Waals surface area contributed by atoms with Gasteiger partial charge in [-0.05, 0) is 42.8 Å². The van der Waals surface area contributed by atoms with Crippen molar-refractivity contribution in [1.29, 1.82) is 0 Å². The number of nitrogens with one attached hydrogen (secondary N) is 1. The summed E-state index contributed by atoms with van der Waals surface area (Å²) in [5.41, 5.74) is 1.99. The van der Waals surface area contributed by atoms with Crippen molar-refractivity contribution in [1.82, 2.24) is 24.2 Å². The highest BCUT2D eigenvalue weighted by Gasteiger charge is 2.28. The molecule has 3 aromatic rings. The molecule has 1 fully saturated rings. The Labute approximate surface area is 208 Å². The van der Waals surface area contributed by atoms with E-state index >= 15 is 0 Å². The Morgan fingerprint density at radius 1 is 1.03 bits per heavy atom. The van der Waals surface area contributed by atoms with Crippen molar-refractivity contribution in [3.63, 3.8) is 0 Å². The second-order valence-corrected chi connectivity index (χ2v) is 10.4.